The lowest BCUT2D eigenvalue weighted by atomic mass is 9.94. The molecule has 1 rings (SSSR count). The molecule has 33 heavy (non-hydrogen) atoms. The van der Waals surface area contributed by atoms with Crippen molar-refractivity contribution in [2.24, 2.45) is 11.3 Å². The quantitative estimate of drug-likeness (QED) is 0.152. The van der Waals surface area contributed by atoms with Gasteiger partial charge in [0, 0.05) is 7.11 Å². The molecule has 0 saturated heterocycles. The van der Waals surface area contributed by atoms with E-state index in [0.717, 1.165) is 25.7 Å². The normalized spacial score (nSPS) is 19.5. The van der Waals surface area contributed by atoms with Crippen molar-refractivity contribution in [3.8, 4) is 0 Å². The number of hydrogen-bond acceptors (Lipinski definition) is 8. The Labute approximate surface area is 195 Å². The zero-order valence-corrected chi connectivity index (χ0v) is 20.2. The first kappa shape index (κ1) is 29.0. The number of esters is 1. The molecule has 0 bridgehead atoms. The lowest BCUT2D eigenvalue weighted by Crippen LogP contribution is -2.55. The third-order valence-corrected chi connectivity index (χ3v) is 5.40. The molecule has 0 heterocycles. The topological polar surface area (TPSA) is 154 Å². The number of carbonyl (C=O) groups excluding carboxylic acids is 3. The molecule has 1 aliphatic rings. The van der Waals surface area contributed by atoms with Crippen molar-refractivity contribution in [1.82, 2.24) is 10.6 Å². The molecule has 0 spiro atoms. The first-order valence-corrected chi connectivity index (χ1v) is 11.4. The molecule has 0 aromatic heterocycles. The van der Waals surface area contributed by atoms with E-state index in [1.54, 1.807) is 6.08 Å². The Balaban J connectivity index is 2.48. The Morgan fingerprint density at radius 2 is 1.67 bits per heavy atom. The molecule has 190 valence electrons. The van der Waals surface area contributed by atoms with Gasteiger partial charge in [-0.25, -0.2) is 0 Å². The predicted molar refractivity (Wildman–Crippen MR) is 121 cm³/mol. The Hall–Kier alpha value is -2.01. The van der Waals surface area contributed by atoms with Crippen LogP contribution in [0.3, 0.4) is 0 Å². The summed E-state index contributed by atoms with van der Waals surface area (Å²) < 4.78 is 10.2. The van der Waals surface area contributed by atoms with Gasteiger partial charge >= 0.3 is 5.97 Å². The number of nitrogens with one attached hydrogen (secondary N) is 2. The average molecular weight is 473 g/mol. The number of hydrogen-bond donors (Lipinski definition) is 5. The summed E-state index contributed by atoms with van der Waals surface area (Å²) in [6.45, 7) is 7.27. The summed E-state index contributed by atoms with van der Waals surface area (Å²) in [5.74, 6) is -1.66. The number of allylic oxidation sites excluding steroid dienone is 1. The molecular weight excluding hydrogens is 432 g/mol. The van der Waals surface area contributed by atoms with Gasteiger partial charge in [0.05, 0.1) is 12.5 Å². The molecule has 1 fully saturated rings. The van der Waals surface area contributed by atoms with Gasteiger partial charge in [0.25, 0.3) is 5.91 Å². The highest BCUT2D eigenvalue weighted by Crippen LogP contribution is 2.25. The molecule has 1 saturated carbocycles. The lowest BCUT2D eigenvalue weighted by molar-refractivity contribution is -0.150. The minimum Gasteiger partial charge on any atom is -0.464 e. The van der Waals surface area contributed by atoms with E-state index < -0.39 is 42.3 Å². The van der Waals surface area contributed by atoms with Crippen LogP contribution in [0.15, 0.2) is 12.2 Å². The van der Waals surface area contributed by atoms with E-state index >= 15 is 0 Å². The summed E-state index contributed by atoms with van der Waals surface area (Å²) in [4.78, 5) is 36.6. The second-order valence-electron chi connectivity index (χ2n) is 9.52. The van der Waals surface area contributed by atoms with Crippen LogP contribution in [0.4, 0.5) is 0 Å². The molecular formula is C23H40N2O8. The summed E-state index contributed by atoms with van der Waals surface area (Å²) in [7, 11) is 1.17. The molecule has 0 aliphatic heterocycles. The SMILES string of the molecule is CO[C@@H](C(=O)N[C@@H](C)C(=O)NCCOC(=O)C1CCCC1)[C@H](O)[C@@H](O)[C@H](O)C=CC(C)(C)C. The second-order valence-corrected chi connectivity index (χ2v) is 9.52. The Morgan fingerprint density at radius 1 is 1.06 bits per heavy atom. The average Bonchev–Trinajstić information content (AvgIpc) is 3.29. The summed E-state index contributed by atoms with van der Waals surface area (Å²) >= 11 is 0. The molecule has 0 unspecified atom stereocenters. The zero-order valence-electron chi connectivity index (χ0n) is 20.2. The van der Waals surface area contributed by atoms with Gasteiger partial charge in [-0.05, 0) is 25.2 Å². The van der Waals surface area contributed by atoms with Gasteiger partial charge in [-0.3, -0.25) is 14.4 Å². The van der Waals surface area contributed by atoms with Crippen LogP contribution < -0.4 is 10.6 Å². The summed E-state index contributed by atoms with van der Waals surface area (Å²) in [5.41, 5.74) is -0.249. The molecule has 5 atom stereocenters. The van der Waals surface area contributed by atoms with Crippen LogP contribution in [-0.2, 0) is 23.9 Å². The third kappa shape index (κ3) is 10.2. The highest BCUT2D eigenvalue weighted by molar-refractivity contribution is 5.89. The van der Waals surface area contributed by atoms with Crippen LogP contribution in [-0.4, -0.2) is 83.8 Å². The van der Waals surface area contributed by atoms with Crippen LogP contribution >= 0.6 is 0 Å². The zero-order chi connectivity index (χ0) is 25.2. The molecule has 2 amide bonds. The molecule has 0 radical (unpaired) electrons. The van der Waals surface area contributed by atoms with Crippen LogP contribution in [0.25, 0.3) is 0 Å². The monoisotopic (exact) mass is 472 g/mol. The van der Waals surface area contributed by atoms with Crippen molar-refractivity contribution >= 4 is 17.8 Å². The lowest BCUT2D eigenvalue weighted by Gasteiger charge is -2.28. The fraction of sp³-hybridized carbons (Fsp3) is 0.783. The highest BCUT2D eigenvalue weighted by Gasteiger charge is 2.36. The van der Waals surface area contributed by atoms with Gasteiger partial charge in [-0.15, -0.1) is 0 Å². The minimum absolute atomic E-state index is 0.0350. The van der Waals surface area contributed by atoms with Crippen molar-refractivity contribution in [3.05, 3.63) is 12.2 Å². The van der Waals surface area contributed by atoms with Crippen LogP contribution in [0, 0.1) is 11.3 Å². The second kappa shape index (κ2) is 13.6. The van der Waals surface area contributed by atoms with Crippen LogP contribution in [0.1, 0.15) is 53.4 Å². The number of ether oxygens (including phenoxy) is 2. The number of carbonyl (C=O) groups is 3. The molecule has 10 heteroatoms. The van der Waals surface area contributed by atoms with E-state index in [1.165, 1.54) is 20.1 Å². The van der Waals surface area contributed by atoms with Gasteiger partial charge in [0.15, 0.2) is 6.10 Å². The fourth-order valence-corrected chi connectivity index (χ4v) is 3.40. The van der Waals surface area contributed by atoms with Gasteiger partial charge < -0.3 is 35.4 Å². The number of aliphatic hydroxyl groups excluding tert-OH is 3. The van der Waals surface area contributed by atoms with E-state index in [2.05, 4.69) is 10.6 Å². The van der Waals surface area contributed by atoms with E-state index in [9.17, 15) is 29.7 Å². The number of aliphatic hydroxyl groups is 3. The Bertz CT molecular complexity index is 670. The maximum atomic E-state index is 12.5. The summed E-state index contributed by atoms with van der Waals surface area (Å²) in [5, 5.41) is 35.6. The fourth-order valence-electron chi connectivity index (χ4n) is 3.40. The molecule has 5 N–H and O–H groups in total. The molecule has 0 aromatic carbocycles. The van der Waals surface area contributed by atoms with E-state index in [1.807, 2.05) is 20.8 Å². The van der Waals surface area contributed by atoms with Crippen LogP contribution in [0.5, 0.6) is 0 Å². The maximum Gasteiger partial charge on any atom is 0.308 e. The van der Waals surface area contributed by atoms with Crippen molar-refractivity contribution in [2.75, 3.05) is 20.3 Å². The smallest absolute Gasteiger partial charge is 0.308 e. The van der Waals surface area contributed by atoms with Crippen molar-refractivity contribution in [1.29, 1.82) is 0 Å². The van der Waals surface area contributed by atoms with E-state index in [4.69, 9.17) is 9.47 Å². The van der Waals surface area contributed by atoms with Gasteiger partial charge in [0.2, 0.25) is 5.91 Å². The molecule has 1 aliphatic carbocycles. The molecule has 0 aromatic rings. The van der Waals surface area contributed by atoms with Crippen molar-refractivity contribution < 1.29 is 39.2 Å². The Kier molecular flexibility index (Phi) is 12.0. The first-order chi connectivity index (χ1) is 15.4. The number of amides is 2. The highest BCUT2D eigenvalue weighted by atomic mass is 16.5. The Morgan fingerprint density at radius 3 is 2.21 bits per heavy atom. The number of rotatable bonds is 12. The minimum atomic E-state index is -1.74. The number of methoxy groups -OCH3 is 1. The van der Waals surface area contributed by atoms with Gasteiger partial charge in [0.1, 0.15) is 31.0 Å². The third-order valence-electron chi connectivity index (χ3n) is 5.40. The van der Waals surface area contributed by atoms with Crippen molar-refractivity contribution in [3.63, 3.8) is 0 Å². The largest absolute Gasteiger partial charge is 0.464 e. The standard InChI is InChI=1S/C23H40N2O8/c1-14(20(29)24-12-13-33-22(31)15-8-6-7-9-15)25-21(30)19(32-5)18(28)17(27)16(26)10-11-23(2,3)4/h10-11,14-19,26-28H,6-9,12-13H2,1-5H3,(H,24,29)(H,25,30)/t14-,16+,17-,18+,19+/m0/s1. The van der Waals surface area contributed by atoms with E-state index in [0.29, 0.717) is 0 Å². The van der Waals surface area contributed by atoms with E-state index in [-0.39, 0.29) is 30.5 Å². The first-order valence-electron chi connectivity index (χ1n) is 11.4. The summed E-state index contributed by atoms with van der Waals surface area (Å²) in [6.07, 6.45) is 0.374. The van der Waals surface area contributed by atoms with Gasteiger partial charge in [-0.2, -0.15) is 0 Å². The van der Waals surface area contributed by atoms with Crippen LogP contribution in [0.2, 0.25) is 0 Å². The maximum absolute atomic E-state index is 12.5. The predicted octanol–water partition coefficient (Wildman–Crippen LogP) is 0.0407. The summed E-state index contributed by atoms with van der Waals surface area (Å²) in [6, 6.07) is -0.976. The molecule has 10 nitrogen and oxygen atoms in total. The van der Waals surface area contributed by atoms with Gasteiger partial charge in [-0.1, -0.05) is 45.8 Å². The van der Waals surface area contributed by atoms with Crippen molar-refractivity contribution in [2.45, 2.75) is 83.8 Å².